The molecule has 0 unspecified atom stereocenters. The maximum absolute atomic E-state index is 13.4. The molecule has 1 aliphatic rings. The number of nitrogens with zero attached hydrogens (tertiary/aromatic N) is 3. The van der Waals surface area contributed by atoms with Crippen LogP contribution in [0.3, 0.4) is 0 Å². The van der Waals surface area contributed by atoms with Crippen molar-refractivity contribution in [2.24, 2.45) is 5.92 Å². The highest BCUT2D eigenvalue weighted by atomic mass is 16.4. The number of benzene rings is 2. The number of carboxylic acids is 1. The molecular formula is C24H25N3O3. The fraction of sp³-hybridized carbons (Fsp3) is 0.292. The number of aryl methyl sites for hydroxylation is 1. The van der Waals surface area contributed by atoms with Crippen LogP contribution in [0.5, 0.6) is 0 Å². The number of amides is 1. The smallest absolute Gasteiger partial charge is 0.303 e. The molecule has 6 heteroatoms. The zero-order valence-corrected chi connectivity index (χ0v) is 17.0. The number of hydrogen-bond donors (Lipinski definition) is 1. The third-order valence-electron chi connectivity index (χ3n) is 5.62. The first kappa shape index (κ1) is 19.9. The van der Waals surface area contributed by atoms with Gasteiger partial charge in [-0.3, -0.25) is 9.59 Å². The summed E-state index contributed by atoms with van der Waals surface area (Å²) in [5.41, 5.74) is 4.15. The Kier molecular flexibility index (Phi) is 5.65. The number of carbonyl (C=O) groups is 2. The normalized spacial score (nSPS) is 14.6. The summed E-state index contributed by atoms with van der Waals surface area (Å²) in [7, 11) is 0. The van der Waals surface area contributed by atoms with Crippen molar-refractivity contribution in [1.29, 1.82) is 0 Å². The number of piperidine rings is 1. The van der Waals surface area contributed by atoms with Crippen molar-refractivity contribution >= 4 is 11.9 Å². The van der Waals surface area contributed by atoms with Crippen LogP contribution in [0, 0.1) is 12.8 Å². The average molecular weight is 403 g/mol. The molecule has 0 atom stereocenters. The Labute approximate surface area is 175 Å². The van der Waals surface area contributed by atoms with Gasteiger partial charge in [-0.05, 0) is 43.9 Å². The number of hydrogen-bond acceptors (Lipinski definition) is 3. The lowest BCUT2D eigenvalue weighted by Gasteiger charge is -2.31. The van der Waals surface area contributed by atoms with Crippen LogP contribution < -0.4 is 0 Å². The van der Waals surface area contributed by atoms with E-state index >= 15 is 0 Å². The van der Waals surface area contributed by atoms with Gasteiger partial charge in [0, 0.05) is 31.3 Å². The van der Waals surface area contributed by atoms with E-state index in [9.17, 15) is 9.59 Å². The second-order valence-electron chi connectivity index (χ2n) is 7.87. The highest BCUT2D eigenvalue weighted by Crippen LogP contribution is 2.28. The fourth-order valence-electron chi connectivity index (χ4n) is 4.01. The van der Waals surface area contributed by atoms with Crippen molar-refractivity contribution in [2.45, 2.75) is 26.2 Å². The van der Waals surface area contributed by atoms with Crippen molar-refractivity contribution in [1.82, 2.24) is 14.7 Å². The third kappa shape index (κ3) is 4.27. The molecule has 1 fully saturated rings. The Balaban J connectivity index is 1.65. The van der Waals surface area contributed by atoms with Gasteiger partial charge in [-0.1, -0.05) is 42.0 Å². The molecule has 154 valence electrons. The standard InChI is InChI=1S/C24H25N3O3/c1-17-6-5-7-19(14-17)23-21(16-27(25-23)20-8-3-2-4-9-20)24(30)26-12-10-18(11-13-26)15-22(28)29/h2-9,14,16,18H,10-13,15H2,1H3,(H,28,29). The molecular weight excluding hydrogens is 378 g/mol. The summed E-state index contributed by atoms with van der Waals surface area (Å²) >= 11 is 0. The first-order chi connectivity index (χ1) is 14.5. The van der Waals surface area contributed by atoms with Gasteiger partial charge >= 0.3 is 5.97 Å². The Morgan fingerprint density at radius 3 is 2.47 bits per heavy atom. The molecule has 30 heavy (non-hydrogen) atoms. The zero-order valence-electron chi connectivity index (χ0n) is 17.0. The number of likely N-dealkylation sites (tertiary alicyclic amines) is 1. The Morgan fingerprint density at radius 1 is 1.07 bits per heavy atom. The molecule has 1 N–H and O–H groups in total. The zero-order chi connectivity index (χ0) is 21.1. The largest absolute Gasteiger partial charge is 0.481 e. The minimum atomic E-state index is -0.773. The first-order valence-electron chi connectivity index (χ1n) is 10.2. The molecule has 0 bridgehead atoms. The number of carboxylic acid groups (broad SMARTS) is 1. The van der Waals surface area contributed by atoms with E-state index in [1.54, 1.807) is 10.9 Å². The van der Waals surface area contributed by atoms with Crippen LogP contribution in [0.15, 0.2) is 60.8 Å². The van der Waals surface area contributed by atoms with Crippen molar-refractivity contribution in [2.75, 3.05) is 13.1 Å². The molecule has 0 saturated carbocycles. The topological polar surface area (TPSA) is 75.4 Å². The maximum Gasteiger partial charge on any atom is 0.303 e. The van der Waals surface area contributed by atoms with Gasteiger partial charge in [-0.2, -0.15) is 5.10 Å². The molecule has 1 saturated heterocycles. The van der Waals surface area contributed by atoms with Gasteiger partial charge < -0.3 is 10.0 Å². The molecule has 0 radical (unpaired) electrons. The Hall–Kier alpha value is -3.41. The second kappa shape index (κ2) is 8.53. The predicted octanol–water partition coefficient (Wildman–Crippen LogP) is 4.17. The van der Waals surface area contributed by atoms with Gasteiger partial charge in [0.2, 0.25) is 0 Å². The van der Waals surface area contributed by atoms with E-state index in [1.807, 2.05) is 66.4 Å². The molecule has 0 aliphatic carbocycles. The van der Waals surface area contributed by atoms with Crippen molar-refractivity contribution in [3.05, 3.63) is 71.9 Å². The maximum atomic E-state index is 13.4. The molecule has 1 amide bonds. The van der Waals surface area contributed by atoms with E-state index in [4.69, 9.17) is 10.2 Å². The van der Waals surface area contributed by atoms with Gasteiger partial charge in [0.05, 0.1) is 11.3 Å². The molecule has 2 heterocycles. The van der Waals surface area contributed by atoms with Crippen LogP contribution in [0.4, 0.5) is 0 Å². The summed E-state index contributed by atoms with van der Waals surface area (Å²) in [6.07, 6.45) is 3.40. The van der Waals surface area contributed by atoms with Crippen LogP contribution in [-0.4, -0.2) is 44.8 Å². The van der Waals surface area contributed by atoms with E-state index in [-0.39, 0.29) is 18.2 Å². The lowest BCUT2D eigenvalue weighted by atomic mass is 9.93. The van der Waals surface area contributed by atoms with Crippen LogP contribution >= 0.6 is 0 Å². The van der Waals surface area contributed by atoms with E-state index in [0.717, 1.165) is 16.8 Å². The highest BCUT2D eigenvalue weighted by Gasteiger charge is 2.28. The van der Waals surface area contributed by atoms with Gasteiger partial charge in [-0.25, -0.2) is 4.68 Å². The molecule has 6 nitrogen and oxygen atoms in total. The summed E-state index contributed by atoms with van der Waals surface area (Å²) in [4.78, 5) is 26.2. The SMILES string of the molecule is Cc1cccc(-c2nn(-c3ccccc3)cc2C(=O)N2CCC(CC(=O)O)CC2)c1. The highest BCUT2D eigenvalue weighted by molar-refractivity contribution is 6.00. The van der Waals surface area contributed by atoms with Gasteiger partial charge in [0.15, 0.2) is 0 Å². The van der Waals surface area contributed by atoms with E-state index in [1.165, 1.54) is 0 Å². The van der Waals surface area contributed by atoms with Crippen molar-refractivity contribution in [3.63, 3.8) is 0 Å². The number of rotatable bonds is 5. The van der Waals surface area contributed by atoms with Crippen molar-refractivity contribution in [3.8, 4) is 16.9 Å². The summed E-state index contributed by atoms with van der Waals surface area (Å²) in [5.74, 6) is -0.692. The number of aliphatic carboxylic acids is 1. The number of aromatic nitrogens is 2. The van der Waals surface area contributed by atoms with E-state index in [0.29, 0.717) is 37.2 Å². The molecule has 1 aliphatic heterocycles. The summed E-state index contributed by atoms with van der Waals surface area (Å²) in [6.45, 7) is 3.16. The lowest BCUT2D eigenvalue weighted by molar-refractivity contribution is -0.138. The van der Waals surface area contributed by atoms with Crippen LogP contribution in [0.2, 0.25) is 0 Å². The lowest BCUT2D eigenvalue weighted by Crippen LogP contribution is -2.39. The van der Waals surface area contributed by atoms with Crippen LogP contribution in [0.1, 0.15) is 35.2 Å². The molecule has 0 spiro atoms. The second-order valence-corrected chi connectivity index (χ2v) is 7.87. The van der Waals surface area contributed by atoms with Crippen LogP contribution in [0.25, 0.3) is 16.9 Å². The minimum absolute atomic E-state index is 0.0533. The van der Waals surface area contributed by atoms with Crippen molar-refractivity contribution < 1.29 is 14.7 Å². The minimum Gasteiger partial charge on any atom is -0.481 e. The van der Waals surface area contributed by atoms with E-state index < -0.39 is 5.97 Å². The van der Waals surface area contributed by atoms with Gasteiger partial charge in [0.1, 0.15) is 5.69 Å². The quantitative estimate of drug-likeness (QED) is 0.694. The van der Waals surface area contributed by atoms with Crippen LogP contribution in [-0.2, 0) is 4.79 Å². The number of para-hydroxylation sites is 1. The number of carbonyl (C=O) groups excluding carboxylic acids is 1. The van der Waals surface area contributed by atoms with Gasteiger partial charge in [0.25, 0.3) is 5.91 Å². The summed E-state index contributed by atoms with van der Waals surface area (Å²) < 4.78 is 1.75. The van der Waals surface area contributed by atoms with Gasteiger partial charge in [-0.15, -0.1) is 0 Å². The Morgan fingerprint density at radius 2 is 1.80 bits per heavy atom. The molecule has 3 aromatic rings. The van der Waals surface area contributed by atoms with E-state index in [2.05, 4.69) is 0 Å². The monoisotopic (exact) mass is 403 g/mol. The first-order valence-corrected chi connectivity index (χ1v) is 10.2. The molecule has 4 rings (SSSR count). The summed E-state index contributed by atoms with van der Waals surface area (Å²) in [6, 6.07) is 17.7. The fourth-order valence-corrected chi connectivity index (χ4v) is 4.01. The Bertz CT molecular complexity index is 1050. The molecule has 1 aromatic heterocycles. The molecule has 2 aromatic carbocycles. The average Bonchev–Trinajstić information content (AvgIpc) is 3.20. The third-order valence-corrected chi connectivity index (χ3v) is 5.62. The predicted molar refractivity (Wildman–Crippen MR) is 115 cm³/mol. The summed E-state index contributed by atoms with van der Waals surface area (Å²) in [5, 5.41) is 13.8.